The van der Waals surface area contributed by atoms with E-state index in [2.05, 4.69) is 37.8 Å². The summed E-state index contributed by atoms with van der Waals surface area (Å²) < 4.78 is 10.8. The van der Waals surface area contributed by atoms with Crippen molar-refractivity contribution in [1.29, 1.82) is 0 Å². The van der Waals surface area contributed by atoms with Crippen molar-refractivity contribution in [2.75, 3.05) is 13.2 Å². The van der Waals surface area contributed by atoms with Crippen molar-refractivity contribution in [1.82, 2.24) is 10.1 Å². The third-order valence-electron chi connectivity index (χ3n) is 3.63. The summed E-state index contributed by atoms with van der Waals surface area (Å²) in [4.78, 5) is 4.49. The van der Waals surface area contributed by atoms with Crippen molar-refractivity contribution in [2.45, 2.75) is 46.1 Å². The molecule has 0 bridgehead atoms. The molecule has 1 aromatic heterocycles. The lowest BCUT2D eigenvalue weighted by Gasteiger charge is -2.26. The summed E-state index contributed by atoms with van der Waals surface area (Å²) in [6, 6.07) is -0.204. The van der Waals surface area contributed by atoms with E-state index in [0.717, 1.165) is 19.6 Å². The summed E-state index contributed by atoms with van der Waals surface area (Å²) in [5.74, 6) is 2.03. The molecule has 0 amide bonds. The first-order valence-electron chi connectivity index (χ1n) is 6.56. The highest BCUT2D eigenvalue weighted by Crippen LogP contribution is 2.33. The first kappa shape index (κ1) is 13.5. The van der Waals surface area contributed by atoms with Crippen molar-refractivity contribution in [3.05, 3.63) is 11.7 Å². The van der Waals surface area contributed by atoms with E-state index < -0.39 is 0 Å². The van der Waals surface area contributed by atoms with Crippen LogP contribution in [0, 0.1) is 11.3 Å². The van der Waals surface area contributed by atoms with E-state index in [0.29, 0.717) is 23.6 Å². The Kier molecular flexibility index (Phi) is 3.73. The highest BCUT2D eigenvalue weighted by Gasteiger charge is 2.31. The Morgan fingerprint density at radius 3 is 2.72 bits per heavy atom. The smallest absolute Gasteiger partial charge is 0.230 e. The maximum absolute atomic E-state index is 6.14. The lowest BCUT2D eigenvalue weighted by molar-refractivity contribution is 0.0392. The first-order valence-corrected chi connectivity index (χ1v) is 6.56. The van der Waals surface area contributed by atoms with Gasteiger partial charge in [-0.05, 0) is 17.8 Å². The number of hydrogen-bond acceptors (Lipinski definition) is 5. The van der Waals surface area contributed by atoms with Crippen molar-refractivity contribution in [2.24, 2.45) is 17.1 Å². The lowest BCUT2D eigenvalue weighted by atomic mass is 9.87. The molecule has 18 heavy (non-hydrogen) atoms. The van der Waals surface area contributed by atoms with Gasteiger partial charge in [-0.3, -0.25) is 0 Å². The summed E-state index contributed by atoms with van der Waals surface area (Å²) in [5.41, 5.74) is 6.07. The third-order valence-corrected chi connectivity index (χ3v) is 3.63. The molecule has 0 spiro atoms. The highest BCUT2D eigenvalue weighted by atomic mass is 16.5. The van der Waals surface area contributed by atoms with Crippen molar-refractivity contribution in [3.8, 4) is 0 Å². The second kappa shape index (κ2) is 4.97. The summed E-state index contributed by atoms with van der Waals surface area (Å²) in [6.45, 7) is 9.89. The van der Waals surface area contributed by atoms with Gasteiger partial charge >= 0.3 is 0 Å². The minimum absolute atomic E-state index is 0.0670. The van der Waals surface area contributed by atoms with Crippen LogP contribution < -0.4 is 5.73 Å². The Bertz CT molecular complexity index is 397. The van der Waals surface area contributed by atoms with E-state index in [4.69, 9.17) is 15.0 Å². The maximum atomic E-state index is 6.14. The molecule has 102 valence electrons. The normalized spacial score (nSPS) is 27.2. The van der Waals surface area contributed by atoms with Crippen LogP contribution in [0.15, 0.2) is 4.52 Å². The van der Waals surface area contributed by atoms with Gasteiger partial charge in [0, 0.05) is 19.1 Å². The minimum atomic E-state index is -0.204. The average molecular weight is 253 g/mol. The Morgan fingerprint density at radius 1 is 1.39 bits per heavy atom. The van der Waals surface area contributed by atoms with E-state index in [1.165, 1.54) is 0 Å². The number of nitrogens with zero attached hydrogens (tertiary/aromatic N) is 2. The molecule has 2 N–H and O–H groups in total. The van der Waals surface area contributed by atoms with E-state index >= 15 is 0 Å². The molecule has 0 radical (unpaired) electrons. The SMILES string of the molecule is CC1COCCC1c1nc(C(N)C(C)(C)C)no1. The molecular formula is C13H23N3O2. The van der Waals surface area contributed by atoms with Crippen molar-refractivity contribution < 1.29 is 9.26 Å². The lowest BCUT2D eigenvalue weighted by Crippen LogP contribution is -2.27. The van der Waals surface area contributed by atoms with Gasteiger partial charge in [0.25, 0.3) is 0 Å². The Hall–Kier alpha value is -0.940. The molecular weight excluding hydrogens is 230 g/mol. The van der Waals surface area contributed by atoms with E-state index in [-0.39, 0.29) is 11.5 Å². The van der Waals surface area contributed by atoms with Crippen LogP contribution in [-0.4, -0.2) is 23.4 Å². The zero-order chi connectivity index (χ0) is 13.3. The third kappa shape index (κ3) is 2.72. The van der Waals surface area contributed by atoms with Gasteiger partial charge in [-0.1, -0.05) is 32.9 Å². The molecule has 1 fully saturated rings. The Morgan fingerprint density at radius 2 is 2.11 bits per heavy atom. The van der Waals surface area contributed by atoms with Crippen LogP contribution in [0.3, 0.4) is 0 Å². The average Bonchev–Trinajstić information content (AvgIpc) is 2.76. The largest absolute Gasteiger partial charge is 0.381 e. The Balaban J connectivity index is 2.15. The quantitative estimate of drug-likeness (QED) is 0.875. The van der Waals surface area contributed by atoms with Crippen LogP contribution in [0.5, 0.6) is 0 Å². The molecule has 2 rings (SSSR count). The zero-order valence-corrected chi connectivity index (χ0v) is 11.6. The summed E-state index contributed by atoms with van der Waals surface area (Å²) in [7, 11) is 0. The van der Waals surface area contributed by atoms with Gasteiger partial charge in [-0.2, -0.15) is 4.98 Å². The maximum Gasteiger partial charge on any atom is 0.230 e. The predicted octanol–water partition coefficient (Wildman–Crippen LogP) is 2.26. The molecule has 1 aliphatic heterocycles. The van der Waals surface area contributed by atoms with Gasteiger partial charge in [0.15, 0.2) is 5.82 Å². The van der Waals surface area contributed by atoms with Crippen LogP contribution in [0.25, 0.3) is 0 Å². The van der Waals surface area contributed by atoms with Crippen LogP contribution in [0.2, 0.25) is 0 Å². The topological polar surface area (TPSA) is 74.2 Å². The fourth-order valence-electron chi connectivity index (χ4n) is 2.16. The van der Waals surface area contributed by atoms with Crippen LogP contribution in [-0.2, 0) is 4.74 Å². The number of ether oxygens (including phenoxy) is 1. The molecule has 0 aromatic carbocycles. The first-order chi connectivity index (χ1) is 8.39. The van der Waals surface area contributed by atoms with Crippen LogP contribution in [0.1, 0.15) is 57.8 Å². The van der Waals surface area contributed by atoms with Crippen LogP contribution in [0.4, 0.5) is 0 Å². The fourth-order valence-corrected chi connectivity index (χ4v) is 2.16. The van der Waals surface area contributed by atoms with E-state index in [9.17, 15) is 0 Å². The van der Waals surface area contributed by atoms with Gasteiger partial charge in [0.1, 0.15) is 0 Å². The number of aromatic nitrogens is 2. The molecule has 3 unspecified atom stereocenters. The van der Waals surface area contributed by atoms with Gasteiger partial charge < -0.3 is 15.0 Å². The monoisotopic (exact) mass is 253 g/mol. The standard InChI is InChI=1S/C13H23N3O2/c1-8-7-17-6-5-9(8)12-15-11(16-18-12)10(14)13(2,3)4/h8-10H,5-7,14H2,1-4H3. The number of rotatable bonds is 2. The van der Waals surface area contributed by atoms with E-state index in [1.807, 2.05) is 0 Å². The number of hydrogen-bond donors (Lipinski definition) is 1. The van der Waals surface area contributed by atoms with Crippen molar-refractivity contribution >= 4 is 0 Å². The molecule has 1 saturated heterocycles. The summed E-state index contributed by atoms with van der Waals surface area (Å²) >= 11 is 0. The highest BCUT2D eigenvalue weighted by molar-refractivity contribution is 5.02. The predicted molar refractivity (Wildman–Crippen MR) is 68.0 cm³/mol. The second-order valence-electron chi connectivity index (χ2n) is 6.28. The fraction of sp³-hybridized carbons (Fsp3) is 0.846. The van der Waals surface area contributed by atoms with Gasteiger partial charge in [0.2, 0.25) is 5.89 Å². The molecule has 2 heterocycles. The molecule has 1 aromatic rings. The van der Waals surface area contributed by atoms with Gasteiger partial charge in [-0.25, -0.2) is 0 Å². The molecule has 0 saturated carbocycles. The van der Waals surface area contributed by atoms with Gasteiger partial charge in [-0.15, -0.1) is 0 Å². The summed E-state index contributed by atoms with van der Waals surface area (Å²) in [5, 5.41) is 4.04. The van der Waals surface area contributed by atoms with E-state index in [1.54, 1.807) is 0 Å². The molecule has 0 aliphatic carbocycles. The molecule has 3 atom stereocenters. The van der Waals surface area contributed by atoms with Crippen molar-refractivity contribution in [3.63, 3.8) is 0 Å². The Labute approximate surface area is 108 Å². The molecule has 5 heteroatoms. The molecule has 1 aliphatic rings. The van der Waals surface area contributed by atoms with Gasteiger partial charge in [0.05, 0.1) is 6.04 Å². The number of nitrogens with two attached hydrogens (primary N) is 1. The second-order valence-corrected chi connectivity index (χ2v) is 6.28. The zero-order valence-electron chi connectivity index (χ0n) is 11.6. The molecule has 5 nitrogen and oxygen atoms in total. The minimum Gasteiger partial charge on any atom is -0.381 e. The summed E-state index contributed by atoms with van der Waals surface area (Å²) in [6.07, 6.45) is 0.938. The van der Waals surface area contributed by atoms with Crippen LogP contribution >= 0.6 is 0 Å².